The molecule has 1 unspecified atom stereocenters. The van der Waals surface area contributed by atoms with E-state index in [4.69, 9.17) is 4.74 Å². The van der Waals surface area contributed by atoms with Gasteiger partial charge in [0.2, 0.25) is 0 Å². The Morgan fingerprint density at radius 2 is 1.95 bits per heavy atom. The number of morpholine rings is 1. The lowest BCUT2D eigenvalue weighted by atomic mass is 10.1. The highest BCUT2D eigenvalue weighted by Crippen LogP contribution is 2.22. The van der Waals surface area contributed by atoms with Crippen LogP contribution in [0.1, 0.15) is 34.6 Å². The van der Waals surface area contributed by atoms with Crippen LogP contribution in [0.2, 0.25) is 0 Å². The molecule has 19 heavy (non-hydrogen) atoms. The van der Waals surface area contributed by atoms with Crippen LogP contribution in [0.4, 0.5) is 0 Å². The Labute approximate surface area is 116 Å². The van der Waals surface area contributed by atoms with Crippen LogP contribution >= 0.6 is 0 Å². The summed E-state index contributed by atoms with van der Waals surface area (Å²) in [6.07, 6.45) is -0.235. The minimum atomic E-state index is -3.10. The monoisotopic (exact) mass is 293 g/mol. The molecule has 1 N–H and O–H groups in total. The maximum absolute atomic E-state index is 12.1. The molecule has 0 aromatic rings. The summed E-state index contributed by atoms with van der Waals surface area (Å²) in [5.74, 6) is 0.144. The van der Waals surface area contributed by atoms with Crippen LogP contribution in [0, 0.1) is 0 Å². The van der Waals surface area contributed by atoms with Gasteiger partial charge in [0.25, 0.3) is 0 Å². The fourth-order valence-corrected chi connectivity index (χ4v) is 3.35. The number of sulfone groups is 1. The number of aliphatic hydroxyl groups excluding tert-OH is 1. The Hall–Kier alpha value is -0.170. The highest BCUT2D eigenvalue weighted by atomic mass is 32.2. The molecule has 0 spiro atoms. The van der Waals surface area contributed by atoms with Crippen LogP contribution in [0.25, 0.3) is 0 Å². The Morgan fingerprint density at radius 1 is 1.37 bits per heavy atom. The van der Waals surface area contributed by atoms with E-state index in [2.05, 4.69) is 4.90 Å². The van der Waals surface area contributed by atoms with Crippen LogP contribution in [0.5, 0.6) is 0 Å². The largest absolute Gasteiger partial charge is 0.394 e. The molecule has 0 bridgehead atoms. The predicted octanol–water partition coefficient (Wildman–Crippen LogP) is 0.671. The van der Waals surface area contributed by atoms with Gasteiger partial charge in [0.05, 0.1) is 28.8 Å². The van der Waals surface area contributed by atoms with Crippen LogP contribution in [0.15, 0.2) is 0 Å². The smallest absolute Gasteiger partial charge is 0.156 e. The second-order valence-corrected chi connectivity index (χ2v) is 9.71. The van der Waals surface area contributed by atoms with Gasteiger partial charge in [-0.1, -0.05) is 0 Å². The van der Waals surface area contributed by atoms with Crippen LogP contribution in [-0.2, 0) is 14.6 Å². The van der Waals surface area contributed by atoms with Crippen LogP contribution in [-0.4, -0.2) is 66.9 Å². The minimum absolute atomic E-state index is 0.0358. The quantitative estimate of drug-likeness (QED) is 0.825. The van der Waals surface area contributed by atoms with Gasteiger partial charge in [-0.05, 0) is 34.6 Å². The molecule has 1 saturated heterocycles. The molecule has 0 radical (unpaired) electrons. The summed E-state index contributed by atoms with van der Waals surface area (Å²) in [6.45, 7) is 10.8. The molecule has 0 aromatic heterocycles. The standard InChI is InChI=1S/C13H27NO4S/c1-12(2,3)19(16,17)7-6-14-8-11(9-15)18-13(4,5)10-14/h11,15H,6-10H2,1-5H3. The predicted molar refractivity (Wildman–Crippen MR) is 76.0 cm³/mol. The van der Waals surface area contributed by atoms with Gasteiger partial charge in [-0.2, -0.15) is 0 Å². The third kappa shape index (κ3) is 4.70. The summed E-state index contributed by atoms with van der Waals surface area (Å²) in [4.78, 5) is 2.06. The Balaban J connectivity index is 2.63. The van der Waals surface area contributed by atoms with E-state index < -0.39 is 14.6 Å². The summed E-state index contributed by atoms with van der Waals surface area (Å²) in [5, 5.41) is 9.23. The summed E-state index contributed by atoms with van der Waals surface area (Å²) < 4.78 is 29.2. The van der Waals surface area contributed by atoms with E-state index in [0.717, 1.165) is 0 Å². The van der Waals surface area contributed by atoms with E-state index >= 15 is 0 Å². The van der Waals surface area contributed by atoms with Crippen LogP contribution in [0.3, 0.4) is 0 Å². The second kappa shape index (κ2) is 5.68. The topological polar surface area (TPSA) is 66.8 Å². The number of rotatable bonds is 4. The zero-order chi connectivity index (χ0) is 14.9. The van der Waals surface area contributed by atoms with Gasteiger partial charge in [-0.15, -0.1) is 0 Å². The molecule has 1 aliphatic heterocycles. The van der Waals surface area contributed by atoms with Gasteiger partial charge >= 0.3 is 0 Å². The van der Waals surface area contributed by atoms with Crippen molar-refractivity contribution in [2.24, 2.45) is 0 Å². The highest BCUT2D eigenvalue weighted by molar-refractivity contribution is 7.92. The van der Waals surface area contributed by atoms with Crippen molar-refractivity contribution in [1.82, 2.24) is 4.90 Å². The lowest BCUT2D eigenvalue weighted by Crippen LogP contribution is -2.54. The first-order valence-corrected chi connectivity index (χ1v) is 8.35. The summed E-state index contributed by atoms with van der Waals surface area (Å²) in [5.41, 5.74) is -0.350. The van der Waals surface area contributed by atoms with Crippen molar-refractivity contribution in [3.63, 3.8) is 0 Å². The average molecular weight is 293 g/mol. The van der Waals surface area contributed by atoms with Gasteiger partial charge in [-0.3, -0.25) is 4.90 Å². The first kappa shape index (κ1) is 16.9. The third-order valence-corrected chi connectivity index (χ3v) is 5.95. The van der Waals surface area contributed by atoms with Gasteiger partial charge in [0.1, 0.15) is 0 Å². The summed E-state index contributed by atoms with van der Waals surface area (Å²) >= 11 is 0. The maximum atomic E-state index is 12.1. The van der Waals surface area contributed by atoms with Crippen molar-refractivity contribution < 1.29 is 18.3 Å². The zero-order valence-corrected chi connectivity index (χ0v) is 13.5. The van der Waals surface area contributed by atoms with E-state index in [-0.39, 0.29) is 24.1 Å². The SMILES string of the molecule is CC1(C)CN(CCS(=O)(=O)C(C)(C)C)CC(CO)O1. The second-order valence-electron chi connectivity index (χ2n) is 6.85. The van der Waals surface area contributed by atoms with Gasteiger partial charge < -0.3 is 9.84 Å². The maximum Gasteiger partial charge on any atom is 0.156 e. The molecular formula is C13H27NO4S. The van der Waals surface area contributed by atoms with Crippen molar-refractivity contribution in [2.75, 3.05) is 32.0 Å². The van der Waals surface area contributed by atoms with Crippen LogP contribution < -0.4 is 0 Å². The molecule has 114 valence electrons. The first-order valence-electron chi connectivity index (χ1n) is 6.70. The van der Waals surface area contributed by atoms with Crippen molar-refractivity contribution in [3.05, 3.63) is 0 Å². The minimum Gasteiger partial charge on any atom is -0.394 e. The zero-order valence-electron chi connectivity index (χ0n) is 12.6. The first-order chi connectivity index (χ1) is 8.47. The molecule has 0 amide bonds. The normalized spacial score (nSPS) is 25.5. The molecule has 1 fully saturated rings. The molecular weight excluding hydrogens is 266 g/mol. The van der Waals surface area contributed by atoms with Crippen molar-refractivity contribution >= 4 is 9.84 Å². The molecule has 1 rings (SSSR count). The highest BCUT2D eigenvalue weighted by Gasteiger charge is 2.35. The number of hydrogen-bond acceptors (Lipinski definition) is 5. The lowest BCUT2D eigenvalue weighted by molar-refractivity contribution is -0.147. The molecule has 0 saturated carbocycles. The molecule has 1 heterocycles. The van der Waals surface area contributed by atoms with E-state index in [9.17, 15) is 13.5 Å². The summed E-state index contributed by atoms with van der Waals surface area (Å²) in [6, 6.07) is 0. The van der Waals surface area contributed by atoms with Crippen molar-refractivity contribution in [2.45, 2.75) is 51.1 Å². The molecule has 1 aliphatic rings. The van der Waals surface area contributed by atoms with Crippen molar-refractivity contribution in [1.29, 1.82) is 0 Å². The lowest BCUT2D eigenvalue weighted by Gasteiger charge is -2.42. The number of nitrogens with zero attached hydrogens (tertiary/aromatic N) is 1. The van der Waals surface area contributed by atoms with Gasteiger partial charge in [-0.25, -0.2) is 8.42 Å². The fourth-order valence-electron chi connectivity index (χ4n) is 2.24. The Morgan fingerprint density at radius 3 is 2.42 bits per heavy atom. The molecule has 0 aliphatic carbocycles. The van der Waals surface area contributed by atoms with E-state index in [0.29, 0.717) is 19.6 Å². The third-order valence-electron chi connectivity index (χ3n) is 3.36. The molecule has 0 aromatic carbocycles. The molecule has 1 atom stereocenters. The number of ether oxygens (including phenoxy) is 1. The Bertz CT molecular complexity index is 397. The van der Waals surface area contributed by atoms with E-state index in [1.165, 1.54) is 0 Å². The van der Waals surface area contributed by atoms with Crippen molar-refractivity contribution in [3.8, 4) is 0 Å². The molecule has 6 heteroatoms. The fraction of sp³-hybridized carbons (Fsp3) is 1.00. The van der Waals surface area contributed by atoms with Gasteiger partial charge in [0.15, 0.2) is 9.84 Å². The average Bonchev–Trinajstić information content (AvgIpc) is 2.22. The molecule has 5 nitrogen and oxygen atoms in total. The summed E-state index contributed by atoms with van der Waals surface area (Å²) in [7, 11) is -3.10. The Kier molecular flexibility index (Phi) is 5.04. The number of hydrogen-bond donors (Lipinski definition) is 1. The van der Waals surface area contributed by atoms with E-state index in [1.54, 1.807) is 20.8 Å². The van der Waals surface area contributed by atoms with E-state index in [1.807, 2.05) is 13.8 Å². The van der Waals surface area contributed by atoms with Gasteiger partial charge in [0, 0.05) is 19.6 Å². The number of aliphatic hydroxyl groups is 1.